The highest BCUT2D eigenvalue weighted by atomic mass is 31.3. The summed E-state index contributed by atoms with van der Waals surface area (Å²) in [5, 5.41) is 19.7. The Morgan fingerprint density at radius 3 is 2.48 bits per heavy atom. The molecule has 2 heterocycles. The number of hydrogen-bond donors (Lipinski definition) is 4. The van der Waals surface area contributed by atoms with Crippen molar-refractivity contribution in [2.45, 2.75) is 24.5 Å². The van der Waals surface area contributed by atoms with Crippen molar-refractivity contribution < 1.29 is 47.6 Å². The summed E-state index contributed by atoms with van der Waals surface area (Å²) in [7, 11) is -11.1. The lowest BCUT2D eigenvalue weighted by Gasteiger charge is -2.30. The van der Waals surface area contributed by atoms with Gasteiger partial charge < -0.3 is 34.2 Å². The minimum absolute atomic E-state index is 0.716. The zero-order valence-corrected chi connectivity index (χ0v) is 13.8. The third-order valence-electron chi connectivity index (χ3n) is 3.07. The molecule has 0 saturated carbocycles. The minimum Gasteiger partial charge on any atom is -0.789 e. The van der Waals surface area contributed by atoms with Crippen LogP contribution < -0.4 is 21.0 Å². The second-order valence-electron chi connectivity index (χ2n) is 4.86. The van der Waals surface area contributed by atoms with Crippen LogP contribution in [0.5, 0.6) is 0 Å². The van der Waals surface area contributed by atoms with Gasteiger partial charge in [0.1, 0.15) is 18.3 Å². The van der Waals surface area contributed by atoms with Crippen molar-refractivity contribution in [3.05, 3.63) is 33.1 Å². The number of rotatable bonds is 6. The fourth-order valence-electron chi connectivity index (χ4n) is 2.04. The second kappa shape index (κ2) is 7.21. The molecule has 5 atom stereocenters. The molecule has 4 N–H and O–H groups in total. The van der Waals surface area contributed by atoms with Gasteiger partial charge in [-0.05, 0) is 0 Å². The number of phosphoric ester groups is 1. The highest BCUT2D eigenvalue weighted by molar-refractivity contribution is 7.59. The molecule has 16 heteroatoms. The molecule has 25 heavy (non-hydrogen) atoms. The number of hydrogen-bond acceptors (Lipinski definition) is 11. The highest BCUT2D eigenvalue weighted by Gasteiger charge is 2.45. The standard InChI is InChI=1S/C9H14N2O12P2/c12-5-1-2-11(9(15)10-5)8-7(14)6(13)4(22-8)3-21-25(19,20)23-24(16,17)18/h1-2,4,6-8,13-14H,3H2,(H,19,20)(H,10,12,15)(H2,16,17,18)/p-2/t4-,6-,7-,8-/m1/s1. The fourth-order valence-corrected chi connectivity index (χ4v) is 3.58. The first kappa shape index (κ1) is 20.1. The Morgan fingerprint density at radius 1 is 1.28 bits per heavy atom. The minimum atomic E-state index is -5.82. The normalized spacial score (nSPS) is 29.5. The Balaban J connectivity index is 2.09. The van der Waals surface area contributed by atoms with Crippen LogP contribution in [-0.4, -0.2) is 49.6 Å². The maximum atomic E-state index is 11.7. The van der Waals surface area contributed by atoms with Gasteiger partial charge in [0.2, 0.25) is 0 Å². The first-order valence-electron chi connectivity index (χ1n) is 6.43. The van der Waals surface area contributed by atoms with Crippen LogP contribution in [0.25, 0.3) is 0 Å². The molecule has 1 saturated heterocycles. The molecular formula is C9H12N2O12P2-2. The Morgan fingerprint density at radius 2 is 1.92 bits per heavy atom. The van der Waals surface area contributed by atoms with E-state index in [1.165, 1.54) is 0 Å². The van der Waals surface area contributed by atoms with Crippen LogP contribution in [-0.2, 0) is 22.7 Å². The third kappa shape index (κ3) is 5.15. The first-order valence-corrected chi connectivity index (χ1v) is 9.39. The van der Waals surface area contributed by atoms with Crippen LogP contribution >= 0.6 is 15.6 Å². The molecule has 1 aliphatic rings. The molecular weight excluding hydrogens is 390 g/mol. The number of aliphatic hydroxyl groups is 2. The van der Waals surface area contributed by atoms with Gasteiger partial charge in [0.25, 0.3) is 5.56 Å². The monoisotopic (exact) mass is 402 g/mol. The molecule has 14 nitrogen and oxygen atoms in total. The van der Waals surface area contributed by atoms with Gasteiger partial charge in [-0.15, -0.1) is 0 Å². The van der Waals surface area contributed by atoms with E-state index >= 15 is 0 Å². The summed E-state index contributed by atoms with van der Waals surface area (Å²) in [4.78, 5) is 54.2. The number of aromatic amines is 1. The van der Waals surface area contributed by atoms with E-state index in [4.69, 9.17) is 9.63 Å². The maximum absolute atomic E-state index is 11.7. The van der Waals surface area contributed by atoms with Crippen LogP contribution in [0.4, 0.5) is 0 Å². The van der Waals surface area contributed by atoms with E-state index in [0.29, 0.717) is 0 Å². The maximum Gasteiger partial charge on any atom is 0.476 e. The van der Waals surface area contributed by atoms with E-state index in [1.807, 2.05) is 4.98 Å². The molecule has 1 unspecified atom stereocenters. The Bertz CT molecular complexity index is 828. The zero-order chi connectivity index (χ0) is 19.0. The lowest BCUT2D eigenvalue weighted by molar-refractivity contribution is -0.334. The van der Waals surface area contributed by atoms with Gasteiger partial charge in [-0.3, -0.25) is 23.2 Å². The van der Waals surface area contributed by atoms with Gasteiger partial charge in [-0.2, -0.15) is 0 Å². The lowest BCUT2D eigenvalue weighted by Crippen LogP contribution is -2.37. The summed E-state index contributed by atoms with van der Waals surface area (Å²) in [5.74, 6) is 0. The summed E-state index contributed by atoms with van der Waals surface area (Å²) in [6.07, 6.45) is -5.38. The van der Waals surface area contributed by atoms with Crippen LogP contribution in [0, 0.1) is 0 Å². The van der Waals surface area contributed by atoms with E-state index in [2.05, 4.69) is 8.83 Å². The van der Waals surface area contributed by atoms with Crippen molar-refractivity contribution in [1.82, 2.24) is 9.55 Å². The number of H-pyrrole nitrogens is 1. The van der Waals surface area contributed by atoms with Crippen molar-refractivity contribution in [2.75, 3.05) is 6.61 Å². The number of aromatic nitrogens is 2. The fraction of sp³-hybridized carbons (Fsp3) is 0.556. The highest BCUT2D eigenvalue weighted by Crippen LogP contribution is 2.54. The predicted molar refractivity (Wildman–Crippen MR) is 71.7 cm³/mol. The predicted octanol–water partition coefficient (Wildman–Crippen LogP) is -3.88. The molecule has 0 bridgehead atoms. The van der Waals surface area contributed by atoms with Gasteiger partial charge in [0.15, 0.2) is 6.23 Å². The number of phosphoric acid groups is 2. The van der Waals surface area contributed by atoms with E-state index in [0.717, 1.165) is 16.8 Å². The van der Waals surface area contributed by atoms with Crippen LogP contribution in [0.1, 0.15) is 6.23 Å². The summed E-state index contributed by atoms with van der Waals surface area (Å²) in [6.45, 7) is -0.958. The van der Waals surface area contributed by atoms with E-state index in [9.17, 15) is 38.7 Å². The third-order valence-corrected chi connectivity index (χ3v) is 5.17. The molecule has 0 aliphatic carbocycles. The SMILES string of the molecule is O=c1ccn([C@@H]2O[C@H](COP(=O)(O)OP(=O)([O-])[O-])[C@@H](O)[C@H]2O)c(=O)[nH]1. The smallest absolute Gasteiger partial charge is 0.476 e. The topological polar surface area (TPSA) is 223 Å². The number of nitrogens with zero attached hydrogens (tertiary/aromatic N) is 1. The van der Waals surface area contributed by atoms with Crippen LogP contribution in [0.2, 0.25) is 0 Å². The largest absolute Gasteiger partial charge is 0.789 e. The Kier molecular flexibility index (Phi) is 5.81. The number of ether oxygens (including phenoxy) is 1. The van der Waals surface area contributed by atoms with Crippen LogP contribution in [0.15, 0.2) is 21.9 Å². The molecule has 1 aromatic rings. The van der Waals surface area contributed by atoms with Crippen LogP contribution in [0.3, 0.4) is 0 Å². The zero-order valence-electron chi connectivity index (χ0n) is 12.0. The molecule has 0 radical (unpaired) electrons. The van der Waals surface area contributed by atoms with Crippen molar-refractivity contribution in [3.63, 3.8) is 0 Å². The molecule has 0 amide bonds. The summed E-state index contributed by atoms with van der Waals surface area (Å²) in [6, 6.07) is 0.948. The molecule has 0 spiro atoms. The molecule has 0 aromatic carbocycles. The Hall–Kier alpha value is -1.18. The average molecular weight is 402 g/mol. The Labute approximate surface area is 138 Å². The first-order chi connectivity index (χ1) is 11.4. The van der Waals surface area contributed by atoms with Gasteiger partial charge in [-0.25, -0.2) is 9.36 Å². The van der Waals surface area contributed by atoms with Crippen molar-refractivity contribution in [1.29, 1.82) is 0 Å². The number of nitrogens with one attached hydrogen (secondary N) is 1. The van der Waals surface area contributed by atoms with Gasteiger partial charge in [0, 0.05) is 12.3 Å². The molecule has 2 rings (SSSR count). The average Bonchev–Trinajstić information content (AvgIpc) is 2.71. The van der Waals surface area contributed by atoms with Crippen molar-refractivity contribution >= 4 is 15.6 Å². The molecule has 1 fully saturated rings. The van der Waals surface area contributed by atoms with Crippen molar-refractivity contribution in [2.24, 2.45) is 0 Å². The van der Waals surface area contributed by atoms with Crippen molar-refractivity contribution in [3.8, 4) is 0 Å². The number of aliphatic hydroxyl groups excluding tert-OH is 2. The summed E-state index contributed by atoms with van der Waals surface area (Å²) in [5.41, 5.74) is -1.67. The summed E-state index contributed by atoms with van der Waals surface area (Å²) >= 11 is 0. The summed E-state index contributed by atoms with van der Waals surface area (Å²) < 4.78 is 35.0. The molecule has 1 aromatic heterocycles. The van der Waals surface area contributed by atoms with Gasteiger partial charge in [0.05, 0.1) is 14.4 Å². The molecule has 142 valence electrons. The van der Waals surface area contributed by atoms with Gasteiger partial charge >= 0.3 is 13.5 Å². The quantitative estimate of drug-likeness (QED) is 0.335. The molecule has 1 aliphatic heterocycles. The van der Waals surface area contributed by atoms with E-state index < -0.39 is 58.0 Å². The van der Waals surface area contributed by atoms with Gasteiger partial charge in [-0.1, -0.05) is 0 Å². The van der Waals surface area contributed by atoms with E-state index in [1.54, 1.807) is 0 Å². The van der Waals surface area contributed by atoms with E-state index in [-0.39, 0.29) is 0 Å². The second-order valence-corrected chi connectivity index (χ2v) is 7.60. The lowest BCUT2D eigenvalue weighted by atomic mass is 10.1.